The number of nitrogens with zero attached hydrogens (tertiary/aromatic N) is 2. The molecule has 0 aliphatic heterocycles. The lowest BCUT2D eigenvalue weighted by molar-refractivity contribution is 0.302. The Labute approximate surface area is 104 Å². The number of aromatic nitrogens is 2. The number of anilines is 2. The Morgan fingerprint density at radius 1 is 1.47 bits per heavy atom. The van der Waals surface area contributed by atoms with Gasteiger partial charge in [0.25, 0.3) is 0 Å². The van der Waals surface area contributed by atoms with Crippen LogP contribution in [0.1, 0.15) is 51.3 Å². The molecule has 1 saturated carbocycles. The second-order valence-corrected chi connectivity index (χ2v) is 5.40. The standard InChI is InChI=1S/C13H24N4/c1-9(2)17-13(12(14)10(3)16-17)15-8-7-11-5-4-6-11/h9,11,15H,4-8,14H2,1-3H3. The van der Waals surface area contributed by atoms with Crippen LogP contribution in [0.3, 0.4) is 0 Å². The average molecular weight is 236 g/mol. The summed E-state index contributed by atoms with van der Waals surface area (Å²) in [6.07, 6.45) is 5.47. The smallest absolute Gasteiger partial charge is 0.148 e. The van der Waals surface area contributed by atoms with E-state index in [1.54, 1.807) is 0 Å². The quantitative estimate of drug-likeness (QED) is 0.826. The van der Waals surface area contributed by atoms with Gasteiger partial charge in [0, 0.05) is 12.6 Å². The van der Waals surface area contributed by atoms with Crippen molar-refractivity contribution in [1.82, 2.24) is 9.78 Å². The van der Waals surface area contributed by atoms with Gasteiger partial charge in [0.15, 0.2) is 0 Å². The van der Waals surface area contributed by atoms with Gasteiger partial charge in [-0.3, -0.25) is 0 Å². The molecule has 1 aromatic rings. The van der Waals surface area contributed by atoms with Crippen molar-refractivity contribution in [2.75, 3.05) is 17.6 Å². The lowest BCUT2D eigenvalue weighted by Gasteiger charge is -2.25. The Hall–Kier alpha value is -1.19. The number of nitrogens with two attached hydrogens (primary N) is 1. The predicted molar refractivity (Wildman–Crippen MR) is 72.2 cm³/mol. The van der Waals surface area contributed by atoms with Gasteiger partial charge in [-0.15, -0.1) is 0 Å². The third-order valence-corrected chi connectivity index (χ3v) is 3.69. The van der Waals surface area contributed by atoms with Crippen LogP contribution in [-0.2, 0) is 0 Å². The van der Waals surface area contributed by atoms with Gasteiger partial charge >= 0.3 is 0 Å². The molecule has 96 valence electrons. The van der Waals surface area contributed by atoms with Gasteiger partial charge in [-0.25, -0.2) is 4.68 Å². The number of hydrogen-bond donors (Lipinski definition) is 2. The van der Waals surface area contributed by atoms with Crippen molar-refractivity contribution in [2.45, 2.75) is 52.5 Å². The van der Waals surface area contributed by atoms with E-state index in [4.69, 9.17) is 5.73 Å². The maximum absolute atomic E-state index is 6.06. The molecule has 0 bridgehead atoms. The van der Waals surface area contributed by atoms with Gasteiger partial charge in [0.05, 0.1) is 11.4 Å². The lowest BCUT2D eigenvalue weighted by Crippen LogP contribution is -2.18. The average Bonchev–Trinajstić information content (AvgIpc) is 2.49. The Morgan fingerprint density at radius 2 is 2.18 bits per heavy atom. The van der Waals surface area contributed by atoms with Crippen molar-refractivity contribution >= 4 is 11.5 Å². The Morgan fingerprint density at radius 3 is 2.71 bits per heavy atom. The summed E-state index contributed by atoms with van der Waals surface area (Å²) in [5.74, 6) is 1.93. The molecule has 0 atom stereocenters. The van der Waals surface area contributed by atoms with E-state index in [9.17, 15) is 0 Å². The van der Waals surface area contributed by atoms with Gasteiger partial charge in [-0.1, -0.05) is 19.3 Å². The zero-order valence-corrected chi connectivity index (χ0v) is 11.2. The first-order chi connectivity index (χ1) is 8.09. The highest BCUT2D eigenvalue weighted by Gasteiger charge is 2.18. The minimum atomic E-state index is 0.345. The van der Waals surface area contributed by atoms with Crippen molar-refractivity contribution in [2.24, 2.45) is 5.92 Å². The minimum Gasteiger partial charge on any atom is -0.394 e. The van der Waals surface area contributed by atoms with Crippen LogP contribution in [0.5, 0.6) is 0 Å². The van der Waals surface area contributed by atoms with Crippen molar-refractivity contribution in [3.63, 3.8) is 0 Å². The fraction of sp³-hybridized carbons (Fsp3) is 0.769. The third-order valence-electron chi connectivity index (χ3n) is 3.69. The first-order valence-corrected chi connectivity index (χ1v) is 6.68. The summed E-state index contributed by atoms with van der Waals surface area (Å²) in [5.41, 5.74) is 7.78. The van der Waals surface area contributed by atoms with Crippen LogP contribution in [0, 0.1) is 12.8 Å². The van der Waals surface area contributed by atoms with Crippen LogP contribution in [0.4, 0.5) is 11.5 Å². The largest absolute Gasteiger partial charge is 0.394 e. The maximum atomic E-state index is 6.06. The van der Waals surface area contributed by atoms with E-state index < -0.39 is 0 Å². The summed E-state index contributed by atoms with van der Waals surface area (Å²) in [6.45, 7) is 7.23. The molecule has 4 heteroatoms. The van der Waals surface area contributed by atoms with E-state index in [0.717, 1.165) is 29.7 Å². The summed E-state index contributed by atoms with van der Waals surface area (Å²) in [5, 5.41) is 7.93. The molecule has 1 aliphatic rings. The first-order valence-electron chi connectivity index (χ1n) is 6.68. The normalized spacial score (nSPS) is 16.2. The molecule has 0 amide bonds. The SMILES string of the molecule is Cc1nn(C(C)C)c(NCCC2CCC2)c1N. The molecule has 0 radical (unpaired) electrons. The molecule has 0 unspecified atom stereocenters. The van der Waals surface area contributed by atoms with Crippen LogP contribution in [-0.4, -0.2) is 16.3 Å². The van der Waals surface area contributed by atoms with E-state index >= 15 is 0 Å². The highest BCUT2D eigenvalue weighted by Crippen LogP contribution is 2.30. The van der Waals surface area contributed by atoms with Crippen LogP contribution < -0.4 is 11.1 Å². The minimum absolute atomic E-state index is 0.345. The van der Waals surface area contributed by atoms with Gasteiger partial charge in [-0.05, 0) is 33.1 Å². The highest BCUT2D eigenvalue weighted by molar-refractivity contribution is 5.64. The fourth-order valence-electron chi connectivity index (χ4n) is 2.29. The van der Waals surface area contributed by atoms with Gasteiger partial charge in [0.1, 0.15) is 5.82 Å². The van der Waals surface area contributed by atoms with Gasteiger partial charge < -0.3 is 11.1 Å². The Bertz CT molecular complexity index is 377. The molecule has 1 heterocycles. The maximum Gasteiger partial charge on any atom is 0.148 e. The fourth-order valence-corrected chi connectivity index (χ4v) is 2.29. The molecule has 17 heavy (non-hydrogen) atoms. The van der Waals surface area contributed by atoms with Crippen LogP contribution in [0.15, 0.2) is 0 Å². The molecular weight excluding hydrogens is 212 g/mol. The molecular formula is C13H24N4. The van der Waals surface area contributed by atoms with Crippen LogP contribution in [0.2, 0.25) is 0 Å². The van der Waals surface area contributed by atoms with Crippen molar-refractivity contribution < 1.29 is 0 Å². The van der Waals surface area contributed by atoms with Crippen molar-refractivity contribution in [3.05, 3.63) is 5.69 Å². The molecule has 0 saturated heterocycles. The number of nitrogens with one attached hydrogen (secondary N) is 1. The number of nitrogen functional groups attached to an aromatic ring is 1. The summed E-state index contributed by atoms with van der Waals surface area (Å²) < 4.78 is 1.99. The van der Waals surface area contributed by atoms with E-state index in [2.05, 4.69) is 24.3 Å². The number of aryl methyl sites for hydroxylation is 1. The topological polar surface area (TPSA) is 55.9 Å². The molecule has 4 nitrogen and oxygen atoms in total. The molecule has 2 rings (SSSR count). The number of rotatable bonds is 5. The molecule has 0 aromatic carbocycles. The van der Waals surface area contributed by atoms with Crippen LogP contribution in [0.25, 0.3) is 0 Å². The second-order valence-electron chi connectivity index (χ2n) is 5.40. The zero-order chi connectivity index (χ0) is 12.4. The van der Waals surface area contributed by atoms with E-state index in [1.807, 2.05) is 11.6 Å². The Balaban J connectivity index is 1.97. The third kappa shape index (κ3) is 2.56. The molecule has 1 fully saturated rings. The monoisotopic (exact) mass is 236 g/mol. The molecule has 1 aliphatic carbocycles. The van der Waals surface area contributed by atoms with Crippen molar-refractivity contribution in [3.8, 4) is 0 Å². The van der Waals surface area contributed by atoms with Gasteiger partial charge in [-0.2, -0.15) is 5.10 Å². The number of hydrogen-bond acceptors (Lipinski definition) is 3. The molecule has 3 N–H and O–H groups in total. The van der Waals surface area contributed by atoms with Gasteiger partial charge in [0.2, 0.25) is 0 Å². The van der Waals surface area contributed by atoms with E-state index in [-0.39, 0.29) is 0 Å². The lowest BCUT2D eigenvalue weighted by atomic mass is 9.83. The summed E-state index contributed by atoms with van der Waals surface area (Å²) >= 11 is 0. The summed E-state index contributed by atoms with van der Waals surface area (Å²) in [7, 11) is 0. The van der Waals surface area contributed by atoms with E-state index in [0.29, 0.717) is 6.04 Å². The zero-order valence-electron chi connectivity index (χ0n) is 11.2. The highest BCUT2D eigenvalue weighted by atomic mass is 15.4. The van der Waals surface area contributed by atoms with Crippen molar-refractivity contribution in [1.29, 1.82) is 0 Å². The summed E-state index contributed by atoms with van der Waals surface area (Å²) in [6, 6.07) is 0.345. The van der Waals surface area contributed by atoms with E-state index in [1.165, 1.54) is 25.7 Å². The Kier molecular flexibility index (Phi) is 3.60. The molecule has 1 aromatic heterocycles. The predicted octanol–water partition coefficient (Wildman–Crippen LogP) is 2.96. The second kappa shape index (κ2) is 4.98. The summed E-state index contributed by atoms with van der Waals surface area (Å²) in [4.78, 5) is 0. The van der Waals surface area contributed by atoms with Crippen LogP contribution >= 0.6 is 0 Å². The molecule has 0 spiro atoms. The first kappa shape index (κ1) is 12.3.